The van der Waals surface area contributed by atoms with Crippen molar-refractivity contribution in [2.24, 2.45) is 0 Å². The standard InChI is InChI=1S/C5H5NO3S/c1-6-4(8)3(2-7)10-5(6)9/h2,7H,1H3. The van der Waals surface area contributed by atoms with Crippen molar-refractivity contribution in [3.8, 4) is 0 Å². The van der Waals surface area contributed by atoms with Crippen LogP contribution in [0.25, 0.3) is 0 Å². The Kier molecular flexibility index (Phi) is 1.67. The lowest BCUT2D eigenvalue weighted by Crippen LogP contribution is -2.22. The molecule has 2 amide bonds. The zero-order chi connectivity index (χ0) is 7.72. The number of imide groups is 1. The van der Waals surface area contributed by atoms with Gasteiger partial charge in [0.2, 0.25) is 0 Å². The molecule has 54 valence electrons. The van der Waals surface area contributed by atoms with E-state index < -0.39 is 5.91 Å². The Bertz CT molecular complexity index is 223. The number of nitrogens with zero attached hydrogens (tertiary/aromatic N) is 1. The lowest BCUT2D eigenvalue weighted by Gasteiger charge is -1.99. The van der Waals surface area contributed by atoms with Gasteiger partial charge in [-0.25, -0.2) is 0 Å². The predicted octanol–water partition coefficient (Wildman–Crippen LogP) is 0.711. The molecule has 0 aromatic rings. The van der Waals surface area contributed by atoms with Crippen LogP contribution in [0.2, 0.25) is 0 Å². The molecule has 0 aliphatic carbocycles. The summed E-state index contributed by atoms with van der Waals surface area (Å²) < 4.78 is 0. The minimum absolute atomic E-state index is 0.0764. The normalized spacial score (nSPS) is 22.9. The SMILES string of the molecule is CN1C(=O)SC(=CO)C1=O. The molecular formula is C5H5NO3S. The Morgan fingerprint density at radius 1 is 1.60 bits per heavy atom. The van der Waals surface area contributed by atoms with E-state index >= 15 is 0 Å². The van der Waals surface area contributed by atoms with E-state index in [4.69, 9.17) is 5.11 Å². The number of amides is 2. The minimum atomic E-state index is -0.447. The Morgan fingerprint density at radius 2 is 2.20 bits per heavy atom. The molecule has 1 saturated heterocycles. The van der Waals surface area contributed by atoms with Crippen LogP contribution < -0.4 is 0 Å². The highest BCUT2D eigenvalue weighted by atomic mass is 32.2. The van der Waals surface area contributed by atoms with Crippen molar-refractivity contribution < 1.29 is 14.7 Å². The van der Waals surface area contributed by atoms with E-state index in [1.54, 1.807) is 0 Å². The van der Waals surface area contributed by atoms with Gasteiger partial charge in [0.05, 0.1) is 6.26 Å². The molecule has 1 fully saturated rings. The van der Waals surface area contributed by atoms with Crippen LogP contribution in [0.1, 0.15) is 0 Å². The van der Waals surface area contributed by atoms with E-state index in [0.29, 0.717) is 6.26 Å². The van der Waals surface area contributed by atoms with Crippen molar-refractivity contribution in [2.45, 2.75) is 0 Å². The second-order valence-electron chi connectivity index (χ2n) is 1.73. The van der Waals surface area contributed by atoms with Gasteiger partial charge in [-0.2, -0.15) is 0 Å². The molecule has 1 rings (SSSR count). The Morgan fingerprint density at radius 3 is 2.40 bits per heavy atom. The molecule has 5 heteroatoms. The van der Waals surface area contributed by atoms with Crippen LogP contribution in [0.15, 0.2) is 11.2 Å². The summed E-state index contributed by atoms with van der Waals surface area (Å²) in [6.07, 6.45) is 0.647. The summed E-state index contributed by atoms with van der Waals surface area (Å²) in [5.74, 6) is -0.447. The summed E-state index contributed by atoms with van der Waals surface area (Å²) in [4.78, 5) is 22.5. The van der Waals surface area contributed by atoms with Crippen molar-refractivity contribution in [1.29, 1.82) is 0 Å². The minimum Gasteiger partial charge on any atom is -0.514 e. The van der Waals surface area contributed by atoms with E-state index in [2.05, 4.69) is 0 Å². The van der Waals surface area contributed by atoms with E-state index in [-0.39, 0.29) is 10.1 Å². The molecule has 0 bridgehead atoms. The number of aliphatic hydroxyl groups is 1. The molecule has 1 heterocycles. The van der Waals surface area contributed by atoms with Crippen molar-refractivity contribution in [2.75, 3.05) is 7.05 Å². The maximum atomic E-state index is 10.8. The van der Waals surface area contributed by atoms with E-state index in [0.717, 1.165) is 16.7 Å². The fraction of sp³-hybridized carbons (Fsp3) is 0.200. The Labute approximate surface area is 61.5 Å². The summed E-state index contributed by atoms with van der Waals surface area (Å²) >= 11 is 0.730. The number of thioether (sulfide) groups is 1. The van der Waals surface area contributed by atoms with Crippen LogP contribution in [0.3, 0.4) is 0 Å². The van der Waals surface area contributed by atoms with Gasteiger partial charge >= 0.3 is 0 Å². The summed E-state index contributed by atoms with van der Waals surface area (Å²) in [6, 6.07) is 0. The molecule has 0 saturated carbocycles. The predicted molar refractivity (Wildman–Crippen MR) is 36.5 cm³/mol. The maximum absolute atomic E-state index is 10.8. The van der Waals surface area contributed by atoms with Crippen molar-refractivity contribution in [3.63, 3.8) is 0 Å². The van der Waals surface area contributed by atoms with Gasteiger partial charge in [0.25, 0.3) is 11.1 Å². The quantitative estimate of drug-likeness (QED) is 0.417. The topological polar surface area (TPSA) is 57.6 Å². The molecule has 0 atom stereocenters. The number of hydrogen-bond donors (Lipinski definition) is 1. The van der Waals surface area contributed by atoms with Crippen LogP contribution in [0, 0.1) is 0 Å². The van der Waals surface area contributed by atoms with Gasteiger partial charge in [-0.3, -0.25) is 14.5 Å². The highest BCUT2D eigenvalue weighted by molar-refractivity contribution is 8.18. The van der Waals surface area contributed by atoms with Gasteiger partial charge in [-0.05, 0) is 11.8 Å². The van der Waals surface area contributed by atoms with Gasteiger partial charge in [-0.15, -0.1) is 0 Å². The molecule has 0 spiro atoms. The molecule has 0 radical (unpaired) electrons. The van der Waals surface area contributed by atoms with Crippen molar-refractivity contribution in [1.82, 2.24) is 4.90 Å². The first-order valence-corrected chi connectivity index (χ1v) is 3.32. The third kappa shape index (κ3) is 0.881. The number of likely N-dealkylation sites (N-methyl/N-ethyl adjacent to an activating group) is 1. The van der Waals surface area contributed by atoms with Crippen molar-refractivity contribution in [3.05, 3.63) is 11.2 Å². The number of carbonyl (C=O) groups is 2. The Balaban J connectivity index is 2.92. The van der Waals surface area contributed by atoms with E-state index in [1.165, 1.54) is 7.05 Å². The second-order valence-corrected chi connectivity index (χ2v) is 2.72. The summed E-state index contributed by atoms with van der Waals surface area (Å²) in [7, 11) is 1.37. The van der Waals surface area contributed by atoms with Gasteiger partial charge in [-0.1, -0.05) is 0 Å². The Hall–Kier alpha value is -0.970. The monoisotopic (exact) mass is 159 g/mol. The maximum Gasteiger partial charge on any atom is 0.293 e. The van der Waals surface area contributed by atoms with Crippen LogP contribution in [0.5, 0.6) is 0 Å². The largest absolute Gasteiger partial charge is 0.514 e. The smallest absolute Gasteiger partial charge is 0.293 e. The average Bonchev–Trinajstić information content (AvgIpc) is 2.17. The number of carbonyl (C=O) groups excluding carboxylic acids is 2. The van der Waals surface area contributed by atoms with Crippen molar-refractivity contribution >= 4 is 22.9 Å². The molecule has 10 heavy (non-hydrogen) atoms. The molecule has 1 N–H and O–H groups in total. The second kappa shape index (κ2) is 2.34. The lowest BCUT2D eigenvalue weighted by molar-refractivity contribution is -0.121. The third-order valence-corrected chi connectivity index (χ3v) is 2.05. The molecule has 1 aliphatic rings. The molecule has 1 aliphatic heterocycles. The fourth-order valence-corrected chi connectivity index (χ4v) is 1.22. The number of aliphatic hydroxyl groups excluding tert-OH is 1. The molecular weight excluding hydrogens is 154 g/mol. The van der Waals surface area contributed by atoms with Gasteiger partial charge in [0.15, 0.2) is 0 Å². The summed E-state index contributed by atoms with van der Waals surface area (Å²) in [5, 5.41) is 8.03. The zero-order valence-electron chi connectivity index (χ0n) is 5.20. The highest BCUT2D eigenvalue weighted by Gasteiger charge is 2.31. The molecule has 0 aromatic carbocycles. The highest BCUT2D eigenvalue weighted by Crippen LogP contribution is 2.28. The van der Waals surface area contributed by atoms with Gasteiger partial charge in [0.1, 0.15) is 4.91 Å². The zero-order valence-corrected chi connectivity index (χ0v) is 6.01. The lowest BCUT2D eigenvalue weighted by atomic mass is 10.5. The fourth-order valence-electron chi connectivity index (χ4n) is 0.536. The van der Waals surface area contributed by atoms with Crippen LogP contribution in [-0.2, 0) is 4.79 Å². The molecule has 0 unspecified atom stereocenters. The summed E-state index contributed by atoms with van der Waals surface area (Å²) in [5.41, 5.74) is 0. The number of rotatable bonds is 0. The average molecular weight is 159 g/mol. The molecule has 4 nitrogen and oxygen atoms in total. The van der Waals surface area contributed by atoms with Crippen LogP contribution >= 0.6 is 11.8 Å². The van der Waals surface area contributed by atoms with E-state index in [1.807, 2.05) is 0 Å². The first kappa shape index (κ1) is 7.14. The molecule has 0 aromatic heterocycles. The van der Waals surface area contributed by atoms with Gasteiger partial charge < -0.3 is 5.11 Å². The number of hydrogen-bond acceptors (Lipinski definition) is 4. The van der Waals surface area contributed by atoms with Crippen LogP contribution in [-0.4, -0.2) is 28.2 Å². The first-order chi connectivity index (χ1) is 4.66. The summed E-state index contributed by atoms with van der Waals surface area (Å²) in [6.45, 7) is 0. The van der Waals surface area contributed by atoms with Gasteiger partial charge in [0, 0.05) is 7.05 Å². The third-order valence-electron chi connectivity index (χ3n) is 1.10. The van der Waals surface area contributed by atoms with Crippen LogP contribution in [0.4, 0.5) is 4.79 Å². The first-order valence-electron chi connectivity index (χ1n) is 2.51. The van der Waals surface area contributed by atoms with E-state index in [9.17, 15) is 9.59 Å².